The van der Waals surface area contributed by atoms with Gasteiger partial charge in [-0.15, -0.1) is 0 Å². The Morgan fingerprint density at radius 1 is 0.386 bits per heavy atom. The molecule has 1 atom stereocenters. The summed E-state index contributed by atoms with van der Waals surface area (Å²) in [5.41, 5.74) is 0. The molecule has 324 valence electrons. The molecule has 0 N–H and O–H groups in total. The molecule has 0 aromatic heterocycles. The molecule has 0 spiro atoms. The Kier molecular flexibility index (Phi) is 42.6. The Labute approximate surface area is 350 Å². The van der Waals surface area contributed by atoms with E-state index in [4.69, 9.17) is 14.2 Å². The summed E-state index contributed by atoms with van der Waals surface area (Å²) in [6.07, 6.45) is 57.4. The van der Waals surface area contributed by atoms with Crippen molar-refractivity contribution in [2.75, 3.05) is 13.2 Å². The number of carbonyl (C=O) groups is 3. The van der Waals surface area contributed by atoms with Gasteiger partial charge in [0.05, 0.1) is 6.42 Å². The maximum atomic E-state index is 12.6. The minimum atomic E-state index is -0.830. The minimum absolute atomic E-state index is 0.0947. The second kappa shape index (κ2) is 45.3. The van der Waals surface area contributed by atoms with E-state index in [1.165, 1.54) is 77.0 Å². The van der Waals surface area contributed by atoms with E-state index in [9.17, 15) is 14.4 Å². The molecule has 0 aromatic rings. The number of esters is 3. The number of rotatable bonds is 40. The lowest BCUT2D eigenvalue weighted by molar-refractivity contribution is -0.166. The predicted molar refractivity (Wildman–Crippen MR) is 242 cm³/mol. The van der Waals surface area contributed by atoms with Crippen LogP contribution in [-0.4, -0.2) is 37.2 Å². The van der Waals surface area contributed by atoms with Gasteiger partial charge >= 0.3 is 17.9 Å². The van der Waals surface area contributed by atoms with E-state index in [0.29, 0.717) is 12.8 Å². The zero-order valence-electron chi connectivity index (χ0n) is 36.8. The Morgan fingerprint density at radius 2 is 0.737 bits per heavy atom. The molecule has 0 aromatic carbocycles. The van der Waals surface area contributed by atoms with E-state index in [0.717, 1.165) is 83.5 Å². The summed E-state index contributed by atoms with van der Waals surface area (Å²) in [7, 11) is 0. The first kappa shape index (κ1) is 53.6. The molecular formula is C51H84O6. The molecule has 6 heteroatoms. The first-order valence-corrected chi connectivity index (χ1v) is 23.1. The smallest absolute Gasteiger partial charge is 0.310 e. The molecule has 0 aliphatic rings. The van der Waals surface area contributed by atoms with E-state index in [1.807, 2.05) is 6.08 Å². The van der Waals surface area contributed by atoms with Gasteiger partial charge < -0.3 is 14.2 Å². The van der Waals surface area contributed by atoms with Gasteiger partial charge in [0.15, 0.2) is 6.10 Å². The van der Waals surface area contributed by atoms with E-state index >= 15 is 0 Å². The van der Waals surface area contributed by atoms with Crippen LogP contribution < -0.4 is 0 Å². The van der Waals surface area contributed by atoms with E-state index in [2.05, 4.69) is 93.7 Å². The van der Waals surface area contributed by atoms with Gasteiger partial charge in [-0.1, -0.05) is 189 Å². The zero-order chi connectivity index (χ0) is 41.5. The number of ether oxygens (including phenoxy) is 3. The third-order valence-electron chi connectivity index (χ3n) is 9.42. The first-order valence-electron chi connectivity index (χ1n) is 23.1. The fourth-order valence-electron chi connectivity index (χ4n) is 5.96. The normalized spacial score (nSPS) is 12.8. The van der Waals surface area contributed by atoms with Gasteiger partial charge in [-0.25, -0.2) is 0 Å². The van der Waals surface area contributed by atoms with Crippen LogP contribution in [0.3, 0.4) is 0 Å². The summed E-state index contributed by atoms with van der Waals surface area (Å²) < 4.78 is 16.5. The Hall–Kier alpha value is -3.41. The quantitative estimate of drug-likeness (QED) is 0.0266. The second-order valence-corrected chi connectivity index (χ2v) is 14.9. The van der Waals surface area contributed by atoms with Crippen molar-refractivity contribution in [3.8, 4) is 0 Å². The van der Waals surface area contributed by atoms with E-state index in [-0.39, 0.29) is 31.6 Å². The zero-order valence-corrected chi connectivity index (χ0v) is 36.8. The highest BCUT2D eigenvalue weighted by atomic mass is 16.6. The maximum Gasteiger partial charge on any atom is 0.310 e. The van der Waals surface area contributed by atoms with Gasteiger partial charge in [0.25, 0.3) is 0 Å². The van der Waals surface area contributed by atoms with Crippen molar-refractivity contribution >= 4 is 17.9 Å². The average Bonchev–Trinajstić information content (AvgIpc) is 3.21. The van der Waals surface area contributed by atoms with Crippen LogP contribution in [0.15, 0.2) is 85.1 Å². The number of hydrogen-bond acceptors (Lipinski definition) is 6. The van der Waals surface area contributed by atoms with Crippen molar-refractivity contribution in [1.29, 1.82) is 0 Å². The van der Waals surface area contributed by atoms with Crippen molar-refractivity contribution in [2.24, 2.45) is 0 Å². The van der Waals surface area contributed by atoms with Crippen molar-refractivity contribution in [3.63, 3.8) is 0 Å². The van der Waals surface area contributed by atoms with Crippen LogP contribution in [0.5, 0.6) is 0 Å². The minimum Gasteiger partial charge on any atom is -0.462 e. The summed E-state index contributed by atoms with van der Waals surface area (Å²) >= 11 is 0. The van der Waals surface area contributed by atoms with Crippen LogP contribution in [0.4, 0.5) is 0 Å². The SMILES string of the molecule is CC/C=C\C/C=C\C/C=C\C/C=C\C/C=C\CC(=O)OC(COC(=O)CCCCCCCCC)COC(=O)CCCCCCCCC/C=C\C/C=C\CCCCC. The molecule has 0 saturated carbocycles. The lowest BCUT2D eigenvalue weighted by Crippen LogP contribution is -2.30. The summed E-state index contributed by atoms with van der Waals surface area (Å²) in [6.45, 7) is 6.34. The van der Waals surface area contributed by atoms with Gasteiger partial charge in [-0.2, -0.15) is 0 Å². The molecule has 0 saturated heterocycles. The van der Waals surface area contributed by atoms with Crippen LogP contribution in [0.25, 0.3) is 0 Å². The van der Waals surface area contributed by atoms with Crippen LogP contribution in [0.2, 0.25) is 0 Å². The first-order chi connectivity index (χ1) is 28.0. The highest BCUT2D eigenvalue weighted by Crippen LogP contribution is 2.12. The topological polar surface area (TPSA) is 78.9 Å². The van der Waals surface area contributed by atoms with Gasteiger partial charge in [0.2, 0.25) is 0 Å². The summed E-state index contributed by atoms with van der Waals surface area (Å²) in [5, 5.41) is 0. The summed E-state index contributed by atoms with van der Waals surface area (Å²) in [6, 6.07) is 0. The van der Waals surface area contributed by atoms with E-state index < -0.39 is 12.1 Å². The largest absolute Gasteiger partial charge is 0.462 e. The van der Waals surface area contributed by atoms with Gasteiger partial charge in [-0.3, -0.25) is 14.4 Å². The third-order valence-corrected chi connectivity index (χ3v) is 9.42. The average molecular weight is 793 g/mol. The molecule has 0 amide bonds. The molecule has 1 unspecified atom stereocenters. The second-order valence-electron chi connectivity index (χ2n) is 14.9. The van der Waals surface area contributed by atoms with Crippen LogP contribution in [0, 0.1) is 0 Å². The molecule has 57 heavy (non-hydrogen) atoms. The molecule has 0 aliphatic heterocycles. The summed E-state index contributed by atoms with van der Waals surface area (Å²) in [5.74, 6) is -1.07. The third kappa shape index (κ3) is 43.6. The highest BCUT2D eigenvalue weighted by Gasteiger charge is 2.19. The molecule has 0 fully saturated rings. The number of allylic oxidation sites excluding steroid dienone is 13. The van der Waals surface area contributed by atoms with Crippen molar-refractivity contribution in [1.82, 2.24) is 0 Å². The molecule has 0 bridgehead atoms. The fourth-order valence-corrected chi connectivity index (χ4v) is 5.96. The highest BCUT2D eigenvalue weighted by molar-refractivity contribution is 5.72. The van der Waals surface area contributed by atoms with Gasteiger partial charge in [-0.05, 0) is 77.0 Å². The lowest BCUT2D eigenvalue weighted by Gasteiger charge is -2.18. The Morgan fingerprint density at radius 3 is 1.19 bits per heavy atom. The number of carbonyl (C=O) groups excluding carboxylic acids is 3. The van der Waals surface area contributed by atoms with Gasteiger partial charge in [0, 0.05) is 12.8 Å². The molecule has 0 aliphatic carbocycles. The van der Waals surface area contributed by atoms with Crippen molar-refractivity contribution < 1.29 is 28.6 Å². The molecule has 0 heterocycles. The van der Waals surface area contributed by atoms with Crippen LogP contribution >= 0.6 is 0 Å². The molecule has 0 rings (SSSR count). The molecule has 6 nitrogen and oxygen atoms in total. The van der Waals surface area contributed by atoms with Crippen LogP contribution in [0.1, 0.15) is 201 Å². The van der Waals surface area contributed by atoms with Crippen LogP contribution in [-0.2, 0) is 28.6 Å². The fraction of sp³-hybridized carbons (Fsp3) is 0.667. The van der Waals surface area contributed by atoms with Crippen molar-refractivity contribution in [3.05, 3.63) is 85.1 Å². The van der Waals surface area contributed by atoms with Gasteiger partial charge in [0.1, 0.15) is 13.2 Å². The Balaban J connectivity index is 4.44. The summed E-state index contributed by atoms with van der Waals surface area (Å²) in [4.78, 5) is 37.6. The predicted octanol–water partition coefficient (Wildman–Crippen LogP) is 14.9. The number of unbranched alkanes of at least 4 members (excludes halogenated alkanes) is 16. The number of hydrogen-bond donors (Lipinski definition) is 0. The maximum absolute atomic E-state index is 12.6. The van der Waals surface area contributed by atoms with E-state index in [1.54, 1.807) is 6.08 Å². The van der Waals surface area contributed by atoms with Crippen molar-refractivity contribution in [2.45, 2.75) is 207 Å². The monoisotopic (exact) mass is 793 g/mol. The molecular weight excluding hydrogens is 709 g/mol. The lowest BCUT2D eigenvalue weighted by atomic mass is 10.1. The standard InChI is InChI=1S/C51H84O6/c1-4-7-10-13-16-18-20-22-24-25-27-28-30-32-35-38-41-44-50(53)56-47-48(46-55-49(52)43-40-37-34-15-12-9-6-3)57-51(54)45-42-39-36-33-31-29-26-23-21-19-17-14-11-8-5-2/h8,11,16-19,22-24,26,31,33,39,42,48H,4-7,9-10,12-15,20-21,25,27-30,32,34-38,40-41,43-47H2,1-3H3/b11-8-,18-16-,19-17-,24-22-,26-23-,33-31-,42-39-. The molecule has 0 radical (unpaired) electrons. The Bertz CT molecular complexity index is 1140.